The van der Waals surface area contributed by atoms with Crippen molar-refractivity contribution in [3.8, 4) is 0 Å². The van der Waals surface area contributed by atoms with E-state index in [1.807, 2.05) is 6.08 Å². The van der Waals surface area contributed by atoms with E-state index in [0.717, 1.165) is 25.7 Å². The van der Waals surface area contributed by atoms with Crippen molar-refractivity contribution in [3.05, 3.63) is 34.9 Å². The van der Waals surface area contributed by atoms with Crippen LogP contribution in [0, 0.1) is 0 Å². The largest absolute Gasteiger partial charge is 0.344 e. The van der Waals surface area contributed by atoms with Crippen LogP contribution in [-0.2, 0) is 9.19 Å². The van der Waals surface area contributed by atoms with Gasteiger partial charge in [-0.15, -0.1) is 0 Å². The SMILES string of the molecule is CCP(=O)(O)ONCC=C(C)CCC=C(C)CCC=C(C)C. The molecule has 2 N–H and O–H groups in total. The minimum atomic E-state index is -3.44. The minimum absolute atomic E-state index is 0.111. The summed E-state index contributed by atoms with van der Waals surface area (Å²) in [6, 6.07) is 0. The zero-order valence-corrected chi connectivity index (χ0v) is 15.6. The third-order valence-corrected chi connectivity index (χ3v) is 4.48. The van der Waals surface area contributed by atoms with Crippen LogP contribution in [0.4, 0.5) is 0 Å². The topological polar surface area (TPSA) is 58.6 Å². The van der Waals surface area contributed by atoms with Gasteiger partial charge < -0.3 is 4.89 Å². The van der Waals surface area contributed by atoms with Gasteiger partial charge in [0.15, 0.2) is 0 Å². The maximum atomic E-state index is 11.2. The van der Waals surface area contributed by atoms with Gasteiger partial charge in [-0.05, 0) is 53.4 Å². The van der Waals surface area contributed by atoms with E-state index in [1.165, 1.54) is 16.7 Å². The highest BCUT2D eigenvalue weighted by molar-refractivity contribution is 7.52. The quantitative estimate of drug-likeness (QED) is 0.239. The lowest BCUT2D eigenvalue weighted by atomic mass is 10.1. The Kier molecular flexibility index (Phi) is 11.5. The lowest BCUT2D eigenvalue weighted by Crippen LogP contribution is -2.13. The highest BCUT2D eigenvalue weighted by Gasteiger charge is 2.14. The molecule has 0 aromatic rings. The maximum Gasteiger partial charge on any atom is 0.344 e. The number of hydrogen-bond donors (Lipinski definition) is 2. The van der Waals surface area contributed by atoms with E-state index in [-0.39, 0.29) is 6.16 Å². The van der Waals surface area contributed by atoms with Crippen LogP contribution >= 0.6 is 7.60 Å². The van der Waals surface area contributed by atoms with Gasteiger partial charge in [0.05, 0.1) is 0 Å². The summed E-state index contributed by atoms with van der Waals surface area (Å²) in [5.41, 5.74) is 6.58. The number of allylic oxidation sites excluding steroid dienone is 5. The number of nitrogens with one attached hydrogen (secondary N) is 1. The molecule has 5 heteroatoms. The molecule has 128 valence electrons. The van der Waals surface area contributed by atoms with E-state index in [2.05, 4.69) is 45.3 Å². The van der Waals surface area contributed by atoms with Crippen LogP contribution < -0.4 is 5.48 Å². The van der Waals surface area contributed by atoms with Gasteiger partial charge in [0, 0.05) is 12.7 Å². The highest BCUT2D eigenvalue weighted by atomic mass is 31.2. The normalized spacial score (nSPS) is 15.5. The molecule has 0 aliphatic carbocycles. The van der Waals surface area contributed by atoms with Gasteiger partial charge in [-0.2, -0.15) is 5.48 Å². The molecule has 0 aliphatic rings. The van der Waals surface area contributed by atoms with Gasteiger partial charge in [0.2, 0.25) is 0 Å². The summed E-state index contributed by atoms with van der Waals surface area (Å²) in [4.78, 5) is 9.23. The summed E-state index contributed by atoms with van der Waals surface area (Å²) in [5.74, 6) is 0. The van der Waals surface area contributed by atoms with Crippen molar-refractivity contribution in [2.45, 2.75) is 60.3 Å². The van der Waals surface area contributed by atoms with Crippen LogP contribution in [0.2, 0.25) is 0 Å². The van der Waals surface area contributed by atoms with E-state index in [9.17, 15) is 9.46 Å². The highest BCUT2D eigenvalue weighted by Crippen LogP contribution is 2.39. The van der Waals surface area contributed by atoms with Crippen LogP contribution in [0.15, 0.2) is 34.9 Å². The molecule has 0 aromatic carbocycles. The van der Waals surface area contributed by atoms with Crippen LogP contribution in [-0.4, -0.2) is 17.6 Å². The molecule has 1 atom stereocenters. The molecular weight excluding hydrogens is 297 g/mol. The summed E-state index contributed by atoms with van der Waals surface area (Å²) in [5, 5.41) is 0. The van der Waals surface area contributed by atoms with Crippen molar-refractivity contribution >= 4 is 7.60 Å². The van der Waals surface area contributed by atoms with E-state index < -0.39 is 7.60 Å². The van der Waals surface area contributed by atoms with Gasteiger partial charge in [-0.25, -0.2) is 4.62 Å². The maximum absolute atomic E-state index is 11.2. The van der Waals surface area contributed by atoms with Crippen molar-refractivity contribution in [3.63, 3.8) is 0 Å². The van der Waals surface area contributed by atoms with Crippen molar-refractivity contribution in [1.29, 1.82) is 0 Å². The molecule has 1 unspecified atom stereocenters. The Morgan fingerprint density at radius 2 is 1.59 bits per heavy atom. The van der Waals surface area contributed by atoms with E-state index in [0.29, 0.717) is 6.54 Å². The Labute approximate surface area is 135 Å². The second-order valence-electron chi connectivity index (χ2n) is 5.85. The molecule has 0 fully saturated rings. The first-order valence-corrected chi connectivity index (χ1v) is 9.71. The first kappa shape index (κ1) is 21.3. The Hall–Kier alpha value is -0.670. The second kappa shape index (κ2) is 11.8. The smallest absolute Gasteiger partial charge is 0.323 e. The molecule has 0 aromatic heterocycles. The van der Waals surface area contributed by atoms with Crippen molar-refractivity contribution < 1.29 is 14.1 Å². The van der Waals surface area contributed by atoms with Crippen molar-refractivity contribution in [1.82, 2.24) is 5.48 Å². The van der Waals surface area contributed by atoms with Gasteiger partial charge in [0.25, 0.3) is 0 Å². The monoisotopic (exact) mass is 329 g/mol. The predicted octanol–water partition coefficient (Wildman–Crippen LogP) is 5.13. The molecule has 22 heavy (non-hydrogen) atoms. The Morgan fingerprint density at radius 1 is 1.05 bits per heavy atom. The molecule has 0 heterocycles. The van der Waals surface area contributed by atoms with Gasteiger partial charge in [-0.1, -0.05) is 41.9 Å². The Bertz CT molecular complexity index is 449. The van der Waals surface area contributed by atoms with Gasteiger partial charge in [-0.3, -0.25) is 4.57 Å². The number of hydrogen-bond acceptors (Lipinski definition) is 3. The molecule has 0 spiro atoms. The van der Waals surface area contributed by atoms with Crippen LogP contribution in [0.25, 0.3) is 0 Å². The molecule has 4 nitrogen and oxygen atoms in total. The second-order valence-corrected chi connectivity index (χ2v) is 7.94. The number of hydroxylamine groups is 1. The predicted molar refractivity (Wildman–Crippen MR) is 94.9 cm³/mol. The zero-order chi connectivity index (χ0) is 17.0. The number of rotatable bonds is 11. The van der Waals surface area contributed by atoms with Gasteiger partial charge in [0.1, 0.15) is 0 Å². The molecule has 0 bridgehead atoms. The average Bonchev–Trinajstić information content (AvgIpc) is 2.43. The first-order chi connectivity index (χ1) is 10.3. The molecule has 0 amide bonds. The van der Waals surface area contributed by atoms with Crippen LogP contribution in [0.5, 0.6) is 0 Å². The lowest BCUT2D eigenvalue weighted by Gasteiger charge is -2.09. The molecule has 0 aliphatic heterocycles. The Morgan fingerprint density at radius 3 is 2.14 bits per heavy atom. The summed E-state index contributed by atoms with van der Waals surface area (Å²) in [7, 11) is -3.44. The fraction of sp³-hybridized carbons (Fsp3) is 0.647. The van der Waals surface area contributed by atoms with E-state index in [4.69, 9.17) is 4.62 Å². The summed E-state index contributed by atoms with van der Waals surface area (Å²) in [6.07, 6.45) is 10.9. The minimum Gasteiger partial charge on any atom is -0.323 e. The fourth-order valence-corrected chi connectivity index (χ4v) is 2.16. The van der Waals surface area contributed by atoms with E-state index >= 15 is 0 Å². The molecule has 0 rings (SSSR count). The van der Waals surface area contributed by atoms with Crippen molar-refractivity contribution in [2.24, 2.45) is 0 Å². The molecule has 0 radical (unpaired) electrons. The Balaban J connectivity index is 3.92. The fourth-order valence-electron chi connectivity index (χ4n) is 1.76. The van der Waals surface area contributed by atoms with Gasteiger partial charge >= 0.3 is 7.60 Å². The molecular formula is C17H32NO3P. The summed E-state index contributed by atoms with van der Waals surface area (Å²) < 4.78 is 16.0. The average molecular weight is 329 g/mol. The standard InChI is InChI=1S/C17H32NO3P/c1-6-22(19,20)21-18-14-13-17(5)12-8-11-16(4)10-7-9-15(2)3/h9,11,13,18H,6-8,10,12,14H2,1-5H3,(H,19,20). The summed E-state index contributed by atoms with van der Waals surface area (Å²) in [6.45, 7) is 10.6. The first-order valence-electron chi connectivity index (χ1n) is 7.94. The molecule has 0 saturated heterocycles. The zero-order valence-electron chi connectivity index (χ0n) is 14.7. The van der Waals surface area contributed by atoms with Crippen LogP contribution in [0.1, 0.15) is 60.3 Å². The summed E-state index contributed by atoms with van der Waals surface area (Å²) >= 11 is 0. The van der Waals surface area contributed by atoms with Crippen LogP contribution in [0.3, 0.4) is 0 Å². The third-order valence-electron chi connectivity index (χ3n) is 3.26. The van der Waals surface area contributed by atoms with E-state index in [1.54, 1.807) is 6.92 Å². The molecule has 0 saturated carbocycles. The lowest BCUT2D eigenvalue weighted by molar-refractivity contribution is 0.177. The van der Waals surface area contributed by atoms with Crippen molar-refractivity contribution in [2.75, 3.05) is 12.7 Å². The third kappa shape index (κ3) is 13.0.